The summed E-state index contributed by atoms with van der Waals surface area (Å²) in [5.74, 6) is -1.24. The molecule has 0 fully saturated rings. The fourth-order valence-corrected chi connectivity index (χ4v) is 4.42. The van der Waals surface area contributed by atoms with Crippen LogP contribution in [0.1, 0.15) is 29.3 Å². The van der Waals surface area contributed by atoms with Crippen LogP contribution in [-0.2, 0) is 11.3 Å². The minimum Gasteiger partial charge on any atom is -0.402 e. The van der Waals surface area contributed by atoms with E-state index in [-0.39, 0.29) is 46.8 Å². The van der Waals surface area contributed by atoms with Gasteiger partial charge in [0.2, 0.25) is 0 Å². The van der Waals surface area contributed by atoms with Crippen LogP contribution in [0.3, 0.4) is 0 Å². The number of benzene rings is 1. The highest BCUT2D eigenvalue weighted by Crippen LogP contribution is 2.28. The normalized spacial score (nSPS) is 18.9. The third kappa shape index (κ3) is 4.89. The zero-order chi connectivity index (χ0) is 24.6. The number of aliphatic imine (C=N–C) groups is 1. The Balaban J connectivity index is 1.56. The van der Waals surface area contributed by atoms with Crippen molar-refractivity contribution in [2.24, 2.45) is 10.7 Å². The van der Waals surface area contributed by atoms with Crippen LogP contribution in [0.15, 0.2) is 46.7 Å². The Labute approximate surface area is 211 Å². The van der Waals surface area contributed by atoms with Crippen molar-refractivity contribution in [3.63, 3.8) is 0 Å². The van der Waals surface area contributed by atoms with Crippen LogP contribution in [-0.4, -0.2) is 58.0 Å². The number of amides is 2. The van der Waals surface area contributed by atoms with E-state index in [0.717, 1.165) is 0 Å². The maximum Gasteiger partial charge on any atom is 0.272 e. The highest BCUT2D eigenvalue weighted by molar-refractivity contribution is 6.46. The molecule has 7 nitrogen and oxygen atoms in total. The molecular formula is C23H21Cl3FN5O2. The zero-order valence-electron chi connectivity index (χ0n) is 18.2. The van der Waals surface area contributed by atoms with Gasteiger partial charge in [0.05, 0.1) is 23.1 Å². The van der Waals surface area contributed by atoms with Gasteiger partial charge >= 0.3 is 0 Å². The van der Waals surface area contributed by atoms with Gasteiger partial charge in [-0.25, -0.2) is 9.37 Å². The SMILES string of the molecule is C[C@@H]1CC(N)=C(C2=NCCN(Cc3cnc(Cl)c(F)c3)C2=O)CN1C(=O)c1ccc(Cl)c(Cl)c1. The Kier molecular flexibility index (Phi) is 7.12. The van der Waals surface area contributed by atoms with E-state index in [1.165, 1.54) is 18.3 Å². The van der Waals surface area contributed by atoms with Crippen molar-refractivity contribution < 1.29 is 14.0 Å². The first-order chi connectivity index (χ1) is 16.2. The van der Waals surface area contributed by atoms with E-state index in [0.29, 0.717) is 46.9 Å². The van der Waals surface area contributed by atoms with Gasteiger partial charge in [-0.05, 0) is 36.8 Å². The van der Waals surface area contributed by atoms with Gasteiger partial charge in [0.15, 0.2) is 11.0 Å². The summed E-state index contributed by atoms with van der Waals surface area (Å²) in [7, 11) is 0. The van der Waals surface area contributed by atoms with Gasteiger partial charge < -0.3 is 15.5 Å². The summed E-state index contributed by atoms with van der Waals surface area (Å²) < 4.78 is 13.8. The van der Waals surface area contributed by atoms with Gasteiger partial charge in [-0.1, -0.05) is 34.8 Å². The van der Waals surface area contributed by atoms with Crippen LogP contribution < -0.4 is 5.73 Å². The molecule has 2 aliphatic heterocycles. The summed E-state index contributed by atoms with van der Waals surface area (Å²) in [6.07, 6.45) is 1.82. The van der Waals surface area contributed by atoms with Crippen molar-refractivity contribution in [2.45, 2.75) is 25.9 Å². The molecule has 11 heteroatoms. The molecule has 2 aromatic rings. The molecule has 178 valence electrons. The predicted molar refractivity (Wildman–Crippen MR) is 130 cm³/mol. The molecule has 0 unspecified atom stereocenters. The second kappa shape index (κ2) is 9.90. The van der Waals surface area contributed by atoms with E-state index in [1.54, 1.807) is 21.9 Å². The lowest BCUT2D eigenvalue weighted by atomic mass is 9.94. The number of rotatable bonds is 4. The predicted octanol–water partition coefficient (Wildman–Crippen LogP) is 4.11. The molecule has 2 aliphatic rings. The van der Waals surface area contributed by atoms with E-state index >= 15 is 0 Å². The van der Waals surface area contributed by atoms with Crippen LogP contribution in [0.25, 0.3) is 0 Å². The highest BCUT2D eigenvalue weighted by Gasteiger charge is 2.35. The van der Waals surface area contributed by atoms with Crippen molar-refractivity contribution in [1.82, 2.24) is 14.8 Å². The Morgan fingerprint density at radius 3 is 2.71 bits per heavy atom. The van der Waals surface area contributed by atoms with E-state index in [1.807, 2.05) is 6.92 Å². The molecule has 3 heterocycles. The molecule has 0 saturated carbocycles. The average Bonchev–Trinajstić information content (AvgIpc) is 2.79. The molecule has 1 aromatic carbocycles. The summed E-state index contributed by atoms with van der Waals surface area (Å²) in [4.78, 5) is 37.9. The van der Waals surface area contributed by atoms with Gasteiger partial charge in [-0.2, -0.15) is 0 Å². The fraction of sp³-hybridized carbons (Fsp3) is 0.304. The number of pyridine rings is 1. The van der Waals surface area contributed by atoms with E-state index in [9.17, 15) is 14.0 Å². The van der Waals surface area contributed by atoms with Crippen LogP contribution in [0.5, 0.6) is 0 Å². The average molecular weight is 525 g/mol. The molecule has 0 spiro atoms. The van der Waals surface area contributed by atoms with Gasteiger partial charge in [-0.15, -0.1) is 0 Å². The largest absolute Gasteiger partial charge is 0.402 e. The minimum atomic E-state index is -0.651. The third-order valence-corrected chi connectivity index (χ3v) is 6.85. The number of carbonyl (C=O) groups excluding carboxylic acids is 2. The maximum absolute atomic E-state index is 13.8. The lowest BCUT2D eigenvalue weighted by Crippen LogP contribution is -2.49. The van der Waals surface area contributed by atoms with Gasteiger partial charge in [-0.3, -0.25) is 14.6 Å². The summed E-state index contributed by atoms with van der Waals surface area (Å²) in [6, 6.07) is 5.75. The Bertz CT molecular complexity index is 1230. The summed E-state index contributed by atoms with van der Waals surface area (Å²) >= 11 is 17.7. The molecule has 2 amide bonds. The minimum absolute atomic E-state index is 0.127. The second-order valence-corrected chi connectivity index (χ2v) is 9.36. The van der Waals surface area contributed by atoms with Crippen LogP contribution in [0.4, 0.5) is 4.39 Å². The summed E-state index contributed by atoms with van der Waals surface area (Å²) in [6.45, 7) is 2.88. The molecule has 34 heavy (non-hydrogen) atoms. The topological polar surface area (TPSA) is 91.9 Å². The van der Waals surface area contributed by atoms with Crippen molar-refractivity contribution in [3.8, 4) is 0 Å². The van der Waals surface area contributed by atoms with E-state index in [2.05, 4.69) is 9.98 Å². The summed E-state index contributed by atoms with van der Waals surface area (Å²) in [5.41, 5.74) is 8.45. The number of aromatic nitrogens is 1. The molecule has 1 aromatic heterocycles. The highest BCUT2D eigenvalue weighted by atomic mass is 35.5. The molecule has 4 rings (SSSR count). The molecule has 0 aliphatic carbocycles. The Morgan fingerprint density at radius 1 is 1.24 bits per heavy atom. The molecule has 0 bridgehead atoms. The fourth-order valence-electron chi connectivity index (χ4n) is 4.02. The van der Waals surface area contributed by atoms with E-state index in [4.69, 9.17) is 40.5 Å². The Morgan fingerprint density at radius 2 is 2.00 bits per heavy atom. The van der Waals surface area contributed by atoms with E-state index < -0.39 is 5.82 Å². The molecule has 0 saturated heterocycles. The number of nitrogens with two attached hydrogens (primary N) is 1. The standard InChI is InChI=1S/C23H21Cl3FN5O2/c1-12-6-19(28)15(11-32(12)22(33)14-2-3-16(24)17(25)8-14)20-23(34)31(5-4-29-20)10-13-7-18(27)21(26)30-9-13/h2-3,7-9,12H,4-6,10-11,28H2,1H3/t12-/m1/s1. The van der Waals surface area contributed by atoms with Gasteiger partial charge in [0, 0.05) is 48.6 Å². The lowest BCUT2D eigenvalue weighted by Gasteiger charge is -2.37. The molecule has 1 atom stereocenters. The third-order valence-electron chi connectivity index (χ3n) is 5.83. The zero-order valence-corrected chi connectivity index (χ0v) is 20.5. The quantitative estimate of drug-likeness (QED) is 0.609. The number of hydrogen-bond donors (Lipinski definition) is 1. The first-order valence-corrected chi connectivity index (χ1v) is 11.7. The number of hydrogen-bond acceptors (Lipinski definition) is 5. The molecular weight excluding hydrogens is 504 g/mol. The number of carbonyl (C=O) groups is 2. The smallest absolute Gasteiger partial charge is 0.272 e. The van der Waals surface area contributed by atoms with Crippen molar-refractivity contribution >= 4 is 52.3 Å². The van der Waals surface area contributed by atoms with Crippen LogP contribution in [0, 0.1) is 5.82 Å². The van der Waals surface area contributed by atoms with Crippen molar-refractivity contribution in [2.75, 3.05) is 19.6 Å². The molecule has 0 radical (unpaired) electrons. The van der Waals surface area contributed by atoms with Crippen molar-refractivity contribution in [1.29, 1.82) is 0 Å². The lowest BCUT2D eigenvalue weighted by molar-refractivity contribution is -0.125. The number of nitrogens with zero attached hydrogens (tertiary/aromatic N) is 4. The second-order valence-electron chi connectivity index (χ2n) is 8.19. The first-order valence-electron chi connectivity index (χ1n) is 10.5. The maximum atomic E-state index is 13.8. The van der Waals surface area contributed by atoms with Crippen LogP contribution >= 0.6 is 34.8 Å². The number of halogens is 4. The van der Waals surface area contributed by atoms with Gasteiger partial charge in [0.1, 0.15) is 5.71 Å². The van der Waals surface area contributed by atoms with Crippen molar-refractivity contribution in [3.05, 3.63) is 73.9 Å². The monoisotopic (exact) mass is 523 g/mol. The van der Waals surface area contributed by atoms with Gasteiger partial charge in [0.25, 0.3) is 11.8 Å². The van der Waals surface area contributed by atoms with Crippen LogP contribution in [0.2, 0.25) is 15.2 Å². The molecule has 2 N–H and O–H groups in total. The Hall–Kier alpha value is -2.68. The summed E-state index contributed by atoms with van der Waals surface area (Å²) in [5, 5.41) is 0.410. The first kappa shape index (κ1) is 24.4.